The molecule has 1 saturated heterocycles. The van der Waals surface area contributed by atoms with Crippen LogP contribution in [0.25, 0.3) is 11.1 Å². The summed E-state index contributed by atoms with van der Waals surface area (Å²) in [5.74, 6) is -0.687. The fraction of sp³-hybridized carbons (Fsp3) is 0.190. The van der Waals surface area contributed by atoms with Crippen LogP contribution in [0.15, 0.2) is 55.1 Å². The Balaban J connectivity index is 1.48. The standard InChI is InChI=1S/C21H18N6O3/c1-26-10-15(8-23-26)13-4-5-14-11-27(18(28)17(14)7-13)12-21(16-3-2-6-22-9-16)19(29)24-20(30)25-21/h2-10H,11-12H2,1H3,(H2,24,25,29,30)/t21-/m0/s1. The second-order valence-corrected chi connectivity index (χ2v) is 7.49. The molecule has 150 valence electrons. The molecule has 2 aliphatic heterocycles. The van der Waals surface area contributed by atoms with Gasteiger partial charge in [0.05, 0.1) is 12.7 Å². The lowest BCUT2D eigenvalue weighted by molar-refractivity contribution is -0.124. The molecule has 30 heavy (non-hydrogen) atoms. The molecule has 9 nitrogen and oxygen atoms in total. The van der Waals surface area contributed by atoms with Crippen LogP contribution in [0, 0.1) is 0 Å². The summed E-state index contributed by atoms with van der Waals surface area (Å²) in [6.45, 7) is 0.360. The quantitative estimate of drug-likeness (QED) is 0.637. The van der Waals surface area contributed by atoms with Crippen molar-refractivity contribution in [3.8, 4) is 11.1 Å². The van der Waals surface area contributed by atoms with Crippen molar-refractivity contribution in [2.24, 2.45) is 7.05 Å². The maximum Gasteiger partial charge on any atom is 0.322 e. The first-order chi connectivity index (χ1) is 14.5. The van der Waals surface area contributed by atoms with E-state index in [2.05, 4.69) is 20.7 Å². The average molecular weight is 402 g/mol. The number of nitrogens with zero attached hydrogens (tertiary/aromatic N) is 4. The highest BCUT2D eigenvalue weighted by atomic mass is 16.2. The first-order valence-electron chi connectivity index (χ1n) is 9.41. The van der Waals surface area contributed by atoms with E-state index in [0.29, 0.717) is 17.7 Å². The zero-order valence-electron chi connectivity index (χ0n) is 16.1. The van der Waals surface area contributed by atoms with Crippen LogP contribution in [0.3, 0.4) is 0 Å². The third-order valence-corrected chi connectivity index (χ3v) is 5.55. The topological polar surface area (TPSA) is 109 Å². The molecule has 0 spiro atoms. The monoisotopic (exact) mass is 402 g/mol. The van der Waals surface area contributed by atoms with Gasteiger partial charge in [0.2, 0.25) is 0 Å². The van der Waals surface area contributed by atoms with Crippen LogP contribution < -0.4 is 10.6 Å². The van der Waals surface area contributed by atoms with E-state index in [1.165, 1.54) is 6.20 Å². The summed E-state index contributed by atoms with van der Waals surface area (Å²) in [6, 6.07) is 8.53. The number of carbonyl (C=O) groups excluding carboxylic acids is 3. The van der Waals surface area contributed by atoms with Crippen molar-refractivity contribution in [2.75, 3.05) is 6.54 Å². The number of hydrogen-bond acceptors (Lipinski definition) is 5. The third kappa shape index (κ3) is 2.74. The van der Waals surface area contributed by atoms with Crippen LogP contribution in [0.1, 0.15) is 21.5 Å². The van der Waals surface area contributed by atoms with Gasteiger partial charge in [-0.15, -0.1) is 0 Å². The molecule has 4 amide bonds. The van der Waals surface area contributed by atoms with Gasteiger partial charge in [0, 0.05) is 48.9 Å². The van der Waals surface area contributed by atoms with Gasteiger partial charge < -0.3 is 10.2 Å². The van der Waals surface area contributed by atoms with Gasteiger partial charge in [0.25, 0.3) is 11.8 Å². The molecule has 0 unspecified atom stereocenters. The van der Waals surface area contributed by atoms with Crippen molar-refractivity contribution < 1.29 is 14.4 Å². The fourth-order valence-electron chi connectivity index (χ4n) is 4.04. The smallest absolute Gasteiger partial charge is 0.322 e. The van der Waals surface area contributed by atoms with Crippen molar-refractivity contribution >= 4 is 17.8 Å². The lowest BCUT2D eigenvalue weighted by atomic mass is 9.90. The predicted molar refractivity (Wildman–Crippen MR) is 106 cm³/mol. The van der Waals surface area contributed by atoms with Gasteiger partial charge in [-0.3, -0.25) is 24.6 Å². The largest absolute Gasteiger partial charge is 0.331 e. The summed E-state index contributed by atoms with van der Waals surface area (Å²) >= 11 is 0. The van der Waals surface area contributed by atoms with E-state index in [9.17, 15) is 14.4 Å². The number of urea groups is 1. The highest BCUT2D eigenvalue weighted by Gasteiger charge is 2.50. The molecule has 1 atom stereocenters. The maximum absolute atomic E-state index is 13.2. The van der Waals surface area contributed by atoms with E-state index >= 15 is 0 Å². The van der Waals surface area contributed by atoms with E-state index in [-0.39, 0.29) is 12.5 Å². The zero-order chi connectivity index (χ0) is 20.9. The number of rotatable bonds is 4. The van der Waals surface area contributed by atoms with Gasteiger partial charge in [-0.2, -0.15) is 5.10 Å². The van der Waals surface area contributed by atoms with Crippen molar-refractivity contribution in [1.82, 2.24) is 30.3 Å². The second-order valence-electron chi connectivity index (χ2n) is 7.49. The van der Waals surface area contributed by atoms with Gasteiger partial charge in [-0.25, -0.2) is 4.79 Å². The first kappa shape index (κ1) is 18.0. The number of aryl methyl sites for hydroxylation is 1. The molecule has 0 radical (unpaired) electrons. The predicted octanol–water partition coefficient (Wildman–Crippen LogP) is 1.17. The lowest BCUT2D eigenvalue weighted by Crippen LogP contribution is -2.52. The molecule has 4 heterocycles. The average Bonchev–Trinajstić information content (AvgIpc) is 3.39. The number of imide groups is 1. The molecule has 0 bridgehead atoms. The van der Waals surface area contributed by atoms with Gasteiger partial charge in [0.1, 0.15) is 0 Å². The summed E-state index contributed by atoms with van der Waals surface area (Å²) in [7, 11) is 1.84. The van der Waals surface area contributed by atoms with Crippen molar-refractivity contribution in [2.45, 2.75) is 12.1 Å². The third-order valence-electron chi connectivity index (χ3n) is 5.55. The van der Waals surface area contributed by atoms with E-state index < -0.39 is 17.5 Å². The lowest BCUT2D eigenvalue weighted by Gasteiger charge is -2.30. The second kappa shape index (κ2) is 6.51. The van der Waals surface area contributed by atoms with Crippen molar-refractivity contribution in [3.63, 3.8) is 0 Å². The Morgan fingerprint density at radius 1 is 1.13 bits per heavy atom. The van der Waals surface area contributed by atoms with Crippen LogP contribution in [0.2, 0.25) is 0 Å². The summed E-state index contributed by atoms with van der Waals surface area (Å²) in [5, 5.41) is 9.17. The Morgan fingerprint density at radius 3 is 2.67 bits per heavy atom. The summed E-state index contributed by atoms with van der Waals surface area (Å²) in [4.78, 5) is 43.5. The molecule has 1 fully saturated rings. The molecule has 2 N–H and O–H groups in total. The molecule has 1 aromatic carbocycles. The fourth-order valence-corrected chi connectivity index (χ4v) is 4.04. The molecule has 2 aliphatic rings. The van der Waals surface area contributed by atoms with E-state index in [4.69, 9.17) is 0 Å². The Hall–Kier alpha value is -4.01. The van der Waals surface area contributed by atoms with Gasteiger partial charge in [-0.05, 0) is 23.3 Å². The summed E-state index contributed by atoms with van der Waals surface area (Å²) in [5.41, 5.74) is 2.41. The minimum atomic E-state index is -1.38. The van der Waals surface area contributed by atoms with Crippen molar-refractivity contribution in [1.29, 1.82) is 0 Å². The number of aromatic nitrogens is 3. The molecular formula is C21H18N6O3. The van der Waals surface area contributed by atoms with E-state index in [1.807, 2.05) is 31.4 Å². The first-order valence-corrected chi connectivity index (χ1v) is 9.41. The Bertz CT molecular complexity index is 1190. The number of fused-ring (bicyclic) bond motifs is 1. The van der Waals surface area contributed by atoms with Crippen LogP contribution in [0.5, 0.6) is 0 Å². The zero-order valence-corrected chi connectivity index (χ0v) is 16.1. The highest BCUT2D eigenvalue weighted by Crippen LogP contribution is 2.32. The minimum Gasteiger partial charge on any atom is -0.331 e. The maximum atomic E-state index is 13.2. The summed E-state index contributed by atoms with van der Waals surface area (Å²) in [6.07, 6.45) is 6.74. The van der Waals surface area contributed by atoms with Gasteiger partial charge >= 0.3 is 6.03 Å². The van der Waals surface area contributed by atoms with Gasteiger partial charge in [0.15, 0.2) is 5.54 Å². The molecule has 2 aromatic heterocycles. The number of benzene rings is 1. The number of nitrogens with one attached hydrogen (secondary N) is 2. The summed E-state index contributed by atoms with van der Waals surface area (Å²) < 4.78 is 1.70. The normalized spacial score (nSPS) is 20.3. The van der Waals surface area contributed by atoms with Crippen LogP contribution in [-0.4, -0.2) is 44.1 Å². The Morgan fingerprint density at radius 2 is 2.00 bits per heavy atom. The van der Waals surface area contributed by atoms with Crippen LogP contribution in [-0.2, 0) is 23.9 Å². The molecule has 5 rings (SSSR count). The molecule has 0 aliphatic carbocycles. The Kier molecular flexibility index (Phi) is 3.92. The van der Waals surface area contributed by atoms with Crippen LogP contribution in [0.4, 0.5) is 4.79 Å². The van der Waals surface area contributed by atoms with E-state index in [1.54, 1.807) is 34.1 Å². The molecule has 3 aromatic rings. The molecule has 9 heteroatoms. The number of amides is 4. The Labute approximate surface area is 171 Å². The molecule has 0 saturated carbocycles. The number of carbonyl (C=O) groups is 3. The minimum absolute atomic E-state index is 0.00596. The van der Waals surface area contributed by atoms with Crippen molar-refractivity contribution in [3.05, 3.63) is 71.8 Å². The number of hydrogen-bond donors (Lipinski definition) is 2. The molecular weight excluding hydrogens is 384 g/mol. The van der Waals surface area contributed by atoms with Gasteiger partial charge in [-0.1, -0.05) is 18.2 Å². The highest BCUT2D eigenvalue weighted by molar-refractivity contribution is 6.08. The SMILES string of the molecule is Cn1cc(-c2ccc3c(c2)C(=O)N(C[C@@]2(c4cccnc4)NC(=O)NC2=O)C3)cn1. The van der Waals surface area contributed by atoms with Crippen LogP contribution >= 0.6 is 0 Å². The van der Waals surface area contributed by atoms with E-state index in [0.717, 1.165) is 16.7 Å². The number of pyridine rings is 1.